The molecule has 12 nitrogen and oxygen atoms in total. The zero-order valence-corrected chi connectivity index (χ0v) is 26.4. The number of aromatic nitrogens is 8. The molecule has 0 unspecified atom stereocenters. The van der Waals surface area contributed by atoms with Gasteiger partial charge in [0.15, 0.2) is 5.82 Å². The lowest BCUT2D eigenvalue weighted by Gasteiger charge is -2.34. The third-order valence-corrected chi connectivity index (χ3v) is 8.91. The number of piperazine rings is 1. The molecule has 1 fully saturated rings. The summed E-state index contributed by atoms with van der Waals surface area (Å²) in [5.41, 5.74) is 8.98. The number of nitrogens with one attached hydrogen (secondary N) is 1. The van der Waals surface area contributed by atoms with Gasteiger partial charge in [0.05, 0.1) is 36.4 Å². The molecule has 5 aromatic rings. The van der Waals surface area contributed by atoms with Crippen molar-refractivity contribution in [1.82, 2.24) is 49.1 Å². The van der Waals surface area contributed by atoms with Gasteiger partial charge in [0, 0.05) is 103 Å². The van der Waals surface area contributed by atoms with E-state index in [-0.39, 0.29) is 0 Å². The number of methoxy groups -OCH3 is 1. The van der Waals surface area contributed by atoms with Gasteiger partial charge in [-0.25, -0.2) is 9.97 Å². The van der Waals surface area contributed by atoms with Gasteiger partial charge in [-0.1, -0.05) is 24.3 Å². The highest BCUT2D eigenvalue weighted by Crippen LogP contribution is 2.36. The van der Waals surface area contributed by atoms with E-state index >= 15 is 0 Å². The second-order valence-electron chi connectivity index (χ2n) is 12.0. The van der Waals surface area contributed by atoms with Crippen molar-refractivity contribution in [2.45, 2.75) is 25.8 Å². The largest absolute Gasteiger partial charge is 0.383 e. The topological polar surface area (TPSA) is 107 Å². The summed E-state index contributed by atoms with van der Waals surface area (Å²) in [6.07, 6.45) is 10.4. The van der Waals surface area contributed by atoms with Crippen LogP contribution in [0.3, 0.4) is 0 Å². The zero-order valence-electron chi connectivity index (χ0n) is 26.4. The number of anilines is 2. The molecule has 0 spiro atoms. The number of aryl methyl sites for hydroxylation is 4. The van der Waals surface area contributed by atoms with Crippen molar-refractivity contribution in [3.8, 4) is 22.4 Å². The second kappa shape index (κ2) is 12.9. The van der Waals surface area contributed by atoms with Crippen LogP contribution in [-0.4, -0.2) is 102 Å². The highest BCUT2D eigenvalue weighted by molar-refractivity contribution is 5.72. The van der Waals surface area contributed by atoms with Crippen molar-refractivity contribution in [3.63, 3.8) is 0 Å². The molecule has 0 atom stereocenters. The van der Waals surface area contributed by atoms with E-state index in [4.69, 9.17) is 19.9 Å². The number of fused-ring (bicyclic) bond motifs is 3. The van der Waals surface area contributed by atoms with Gasteiger partial charge in [-0.3, -0.25) is 23.8 Å². The van der Waals surface area contributed by atoms with E-state index in [9.17, 15) is 0 Å². The van der Waals surface area contributed by atoms with Crippen LogP contribution in [-0.2, 0) is 44.6 Å². The maximum Gasteiger partial charge on any atom is 0.228 e. The van der Waals surface area contributed by atoms with Gasteiger partial charge < -0.3 is 10.1 Å². The number of nitrogens with zero attached hydrogens (tertiary/aromatic N) is 10. The second-order valence-corrected chi connectivity index (χ2v) is 12.0. The minimum absolute atomic E-state index is 0.549. The SMILES string of the molecule is COCCN1CCN(CCn2ccc(Nc3ncc4c(n3)-c3c(nn(C)c3Cc3cccc(-c5cnn(C)c5)c3)CC4)n2)CC1. The summed E-state index contributed by atoms with van der Waals surface area (Å²) in [5.74, 6) is 1.29. The Morgan fingerprint density at radius 2 is 1.76 bits per heavy atom. The minimum Gasteiger partial charge on any atom is -0.383 e. The van der Waals surface area contributed by atoms with Crippen molar-refractivity contribution < 1.29 is 4.74 Å². The number of hydrogen-bond donors (Lipinski definition) is 1. The fraction of sp³-hybridized carbons (Fsp3) is 0.424. The zero-order chi connectivity index (χ0) is 30.8. The van der Waals surface area contributed by atoms with Crippen molar-refractivity contribution in [1.29, 1.82) is 0 Å². The molecule has 12 heteroatoms. The van der Waals surface area contributed by atoms with Gasteiger partial charge >= 0.3 is 0 Å². The molecule has 0 bridgehead atoms. The molecule has 2 aliphatic rings. The van der Waals surface area contributed by atoms with Crippen LogP contribution in [0.4, 0.5) is 11.8 Å². The van der Waals surface area contributed by atoms with Crippen LogP contribution in [0.1, 0.15) is 22.5 Å². The van der Waals surface area contributed by atoms with E-state index in [1.807, 2.05) is 59.0 Å². The highest BCUT2D eigenvalue weighted by atomic mass is 16.5. The number of benzene rings is 1. The van der Waals surface area contributed by atoms with Crippen LogP contribution >= 0.6 is 0 Å². The molecule has 0 radical (unpaired) electrons. The predicted molar refractivity (Wildman–Crippen MR) is 173 cm³/mol. The summed E-state index contributed by atoms with van der Waals surface area (Å²) in [7, 11) is 5.74. The van der Waals surface area contributed by atoms with Crippen molar-refractivity contribution >= 4 is 11.8 Å². The van der Waals surface area contributed by atoms with E-state index in [0.717, 1.165) is 117 Å². The molecule has 1 saturated heterocycles. The molecule has 0 amide bonds. The molecule has 1 aromatic carbocycles. The molecular weight excluding hydrogens is 566 g/mol. The van der Waals surface area contributed by atoms with Crippen molar-refractivity contribution in [2.75, 3.05) is 58.3 Å². The van der Waals surface area contributed by atoms with Gasteiger partial charge in [-0.2, -0.15) is 15.3 Å². The Balaban J connectivity index is 1.04. The van der Waals surface area contributed by atoms with Gasteiger partial charge in [-0.15, -0.1) is 0 Å². The van der Waals surface area contributed by atoms with Crippen LogP contribution in [0.25, 0.3) is 22.4 Å². The summed E-state index contributed by atoms with van der Waals surface area (Å²) < 4.78 is 11.1. The molecule has 1 N–H and O–H groups in total. The van der Waals surface area contributed by atoms with Crippen LogP contribution in [0.5, 0.6) is 0 Å². The van der Waals surface area contributed by atoms with Gasteiger partial charge in [0.2, 0.25) is 5.95 Å². The molecule has 234 valence electrons. The summed E-state index contributed by atoms with van der Waals surface area (Å²) in [6, 6.07) is 10.7. The third-order valence-electron chi connectivity index (χ3n) is 8.91. The molecular formula is C33H41N11O. The first kappa shape index (κ1) is 29.3. The summed E-state index contributed by atoms with van der Waals surface area (Å²) >= 11 is 0. The quantitative estimate of drug-likeness (QED) is 0.242. The fourth-order valence-corrected chi connectivity index (χ4v) is 6.38. The Kier molecular flexibility index (Phi) is 8.42. The van der Waals surface area contributed by atoms with Crippen LogP contribution in [0.15, 0.2) is 55.1 Å². The number of rotatable bonds is 11. The lowest BCUT2D eigenvalue weighted by Crippen LogP contribution is -2.47. The van der Waals surface area contributed by atoms with E-state index in [0.29, 0.717) is 5.95 Å². The predicted octanol–water partition coefficient (Wildman–Crippen LogP) is 3.17. The molecule has 1 aliphatic carbocycles. The standard InChI is InChI=1S/C33H41N11O/c1-40-23-27(22-35-40)25-6-4-5-24(19-25)20-29-31-28(38-41(29)2)8-7-26-21-34-33(37-32(26)31)36-30-9-10-44(39-30)16-15-42-11-13-43(14-12-42)17-18-45-3/h4-6,9-10,19,21-23H,7-8,11-18,20H2,1-3H3,(H,34,36,37,39). The average Bonchev–Trinajstić information content (AvgIpc) is 3.78. The summed E-state index contributed by atoms with van der Waals surface area (Å²) in [4.78, 5) is 14.7. The molecule has 45 heavy (non-hydrogen) atoms. The Morgan fingerprint density at radius 1 is 0.911 bits per heavy atom. The van der Waals surface area contributed by atoms with E-state index in [1.165, 1.54) is 5.56 Å². The Labute approximate surface area is 263 Å². The Hall–Kier alpha value is -4.39. The highest BCUT2D eigenvalue weighted by Gasteiger charge is 2.26. The van der Waals surface area contributed by atoms with Crippen LogP contribution < -0.4 is 5.32 Å². The Morgan fingerprint density at radius 3 is 2.56 bits per heavy atom. The molecule has 7 rings (SSSR count). The molecule has 0 saturated carbocycles. The fourth-order valence-electron chi connectivity index (χ4n) is 6.38. The van der Waals surface area contributed by atoms with Gasteiger partial charge in [0.1, 0.15) is 0 Å². The van der Waals surface area contributed by atoms with Crippen LogP contribution in [0.2, 0.25) is 0 Å². The normalized spacial score (nSPS) is 15.3. The average molecular weight is 608 g/mol. The van der Waals surface area contributed by atoms with E-state index in [2.05, 4.69) is 49.5 Å². The smallest absolute Gasteiger partial charge is 0.228 e. The van der Waals surface area contributed by atoms with Crippen LogP contribution in [0, 0.1) is 0 Å². The molecule has 4 aromatic heterocycles. The number of ether oxygens (including phenoxy) is 1. The van der Waals surface area contributed by atoms with Gasteiger partial charge in [0.25, 0.3) is 0 Å². The summed E-state index contributed by atoms with van der Waals surface area (Å²) in [5, 5.41) is 17.4. The van der Waals surface area contributed by atoms with Crippen molar-refractivity contribution in [3.05, 3.63) is 77.6 Å². The minimum atomic E-state index is 0.549. The first-order chi connectivity index (χ1) is 22.0. The van der Waals surface area contributed by atoms with Gasteiger partial charge in [-0.05, 0) is 29.5 Å². The first-order valence-corrected chi connectivity index (χ1v) is 15.8. The van der Waals surface area contributed by atoms with Crippen molar-refractivity contribution in [2.24, 2.45) is 14.1 Å². The third kappa shape index (κ3) is 6.53. The maximum absolute atomic E-state index is 5.22. The first-order valence-electron chi connectivity index (χ1n) is 15.8. The lowest BCUT2D eigenvalue weighted by molar-refractivity contribution is 0.0948. The summed E-state index contributed by atoms with van der Waals surface area (Å²) in [6.45, 7) is 7.95. The molecule has 1 aliphatic heterocycles. The number of hydrogen-bond acceptors (Lipinski definition) is 9. The lowest BCUT2D eigenvalue weighted by atomic mass is 9.91. The van der Waals surface area contributed by atoms with E-state index < -0.39 is 0 Å². The Bertz CT molecular complexity index is 1760. The van der Waals surface area contributed by atoms with E-state index in [1.54, 1.807) is 7.11 Å². The monoisotopic (exact) mass is 607 g/mol. The maximum atomic E-state index is 5.22. The molecule has 5 heterocycles.